The van der Waals surface area contributed by atoms with Crippen LogP contribution in [0, 0.1) is 5.41 Å². The average molecular weight is 477 g/mol. The van der Waals surface area contributed by atoms with Crippen LogP contribution < -0.4 is 10.1 Å². The summed E-state index contributed by atoms with van der Waals surface area (Å²) in [4.78, 5) is 32.2. The van der Waals surface area contributed by atoms with E-state index in [9.17, 15) is 9.59 Å². The number of amides is 1. The second kappa shape index (κ2) is 10.5. The first-order chi connectivity index (χ1) is 16.5. The van der Waals surface area contributed by atoms with Crippen molar-refractivity contribution >= 4 is 34.9 Å². The Bertz CT molecular complexity index is 1200. The van der Waals surface area contributed by atoms with Crippen molar-refractivity contribution in [2.45, 2.75) is 19.3 Å². The topological polar surface area (TPSA) is 95.4 Å². The molecule has 1 saturated heterocycles. The van der Waals surface area contributed by atoms with Crippen LogP contribution in [0.25, 0.3) is 0 Å². The van der Waals surface area contributed by atoms with E-state index in [0.717, 1.165) is 31.5 Å². The summed E-state index contributed by atoms with van der Waals surface area (Å²) in [6.07, 6.45) is 3.63. The van der Waals surface area contributed by atoms with Gasteiger partial charge < -0.3 is 15.0 Å². The number of nitrogens with zero attached hydrogens (tertiary/aromatic N) is 2. The molecule has 0 aliphatic carbocycles. The molecule has 0 spiro atoms. The molecule has 0 atom stereocenters. The first-order valence-electron chi connectivity index (χ1n) is 11.0. The third kappa shape index (κ3) is 5.26. The summed E-state index contributed by atoms with van der Waals surface area (Å²) in [7, 11) is 1.50. The molecule has 0 saturated carbocycles. The second-order valence-corrected chi connectivity index (χ2v) is 8.46. The lowest BCUT2D eigenvalue weighted by atomic mass is 9.96. The molecule has 1 amide bonds. The zero-order valence-electron chi connectivity index (χ0n) is 18.8. The molecule has 0 bridgehead atoms. The molecule has 4 rings (SSSR count). The number of hydrogen-bond acceptors (Lipinski definition) is 5. The van der Waals surface area contributed by atoms with Gasteiger partial charge in [-0.05, 0) is 37.1 Å². The molecule has 1 aliphatic rings. The first-order valence-corrected chi connectivity index (χ1v) is 11.4. The first kappa shape index (κ1) is 23.4. The Hall–Kier alpha value is -3.71. The van der Waals surface area contributed by atoms with Crippen LogP contribution >= 0.6 is 11.6 Å². The summed E-state index contributed by atoms with van der Waals surface area (Å²) >= 11 is 5.86. The lowest BCUT2D eigenvalue weighted by Crippen LogP contribution is -2.27. The summed E-state index contributed by atoms with van der Waals surface area (Å²) in [5.41, 5.74) is 2.12. The molecular weight excluding hydrogens is 452 g/mol. The van der Waals surface area contributed by atoms with Crippen LogP contribution in [0.2, 0.25) is 5.02 Å². The third-order valence-corrected chi connectivity index (χ3v) is 6.03. The van der Waals surface area contributed by atoms with Gasteiger partial charge in [0.1, 0.15) is 17.4 Å². The fourth-order valence-corrected chi connectivity index (χ4v) is 4.10. The number of carbonyl (C=O) groups is 2. The number of aromatic nitrogens is 1. The summed E-state index contributed by atoms with van der Waals surface area (Å²) in [6.45, 7) is 1.79. The molecule has 2 heterocycles. The van der Waals surface area contributed by atoms with E-state index in [-0.39, 0.29) is 12.2 Å². The third-order valence-electron chi connectivity index (χ3n) is 5.81. The normalized spacial score (nSPS) is 12.9. The number of ketones is 1. The molecular formula is C26H25ClN4O3. The molecule has 3 aromatic rings. The predicted octanol–water partition coefficient (Wildman–Crippen LogP) is 4.84. The van der Waals surface area contributed by atoms with Crippen molar-refractivity contribution in [2.24, 2.45) is 0 Å². The number of anilines is 1. The Balaban J connectivity index is 1.53. The SMILES string of the molecule is COc1cccc(C(=O)Nc2ccc(Cl)cn2)c1CC(=O)c1ccc(C(=N)N2CCCC2)cc1. The zero-order valence-corrected chi connectivity index (χ0v) is 19.6. The Kier molecular flexibility index (Phi) is 7.23. The van der Waals surface area contributed by atoms with E-state index < -0.39 is 5.91 Å². The molecule has 7 nitrogen and oxygen atoms in total. The number of amidine groups is 1. The number of likely N-dealkylation sites (tertiary alicyclic amines) is 1. The van der Waals surface area contributed by atoms with Gasteiger partial charge in [0, 0.05) is 48.0 Å². The van der Waals surface area contributed by atoms with Gasteiger partial charge in [0.2, 0.25) is 0 Å². The number of Topliss-reactive ketones (excluding diaryl/α,β-unsaturated/α-hetero) is 1. The van der Waals surface area contributed by atoms with Gasteiger partial charge in [-0.25, -0.2) is 4.98 Å². The number of pyridine rings is 1. The van der Waals surface area contributed by atoms with Crippen molar-refractivity contribution in [3.05, 3.63) is 88.1 Å². The molecule has 2 aromatic carbocycles. The number of carbonyl (C=O) groups excluding carboxylic acids is 2. The second-order valence-electron chi connectivity index (χ2n) is 8.02. The zero-order chi connectivity index (χ0) is 24.1. The number of hydrogen-bond donors (Lipinski definition) is 2. The molecule has 1 aromatic heterocycles. The predicted molar refractivity (Wildman–Crippen MR) is 132 cm³/mol. The van der Waals surface area contributed by atoms with Crippen LogP contribution in [0.5, 0.6) is 5.75 Å². The van der Waals surface area contributed by atoms with Crippen molar-refractivity contribution in [1.82, 2.24) is 9.88 Å². The lowest BCUT2D eigenvalue weighted by molar-refractivity contribution is 0.0991. The highest BCUT2D eigenvalue weighted by Crippen LogP contribution is 2.25. The molecule has 1 aliphatic heterocycles. The number of ether oxygens (including phenoxy) is 1. The quantitative estimate of drug-likeness (QED) is 0.289. The standard InChI is InChI=1S/C26H25ClN4O3/c1-34-23-6-4-5-20(26(33)30-24-12-11-19(27)16-29-24)21(23)15-22(32)17-7-9-18(10-8-17)25(28)31-13-2-3-14-31/h4-12,16,28H,2-3,13-15H2,1H3,(H,29,30,33). The van der Waals surface area contributed by atoms with Crippen LogP contribution in [-0.4, -0.2) is 47.6 Å². The van der Waals surface area contributed by atoms with Gasteiger partial charge in [-0.3, -0.25) is 15.0 Å². The van der Waals surface area contributed by atoms with Crippen LogP contribution in [0.1, 0.15) is 44.7 Å². The Morgan fingerprint density at radius 1 is 1.06 bits per heavy atom. The lowest BCUT2D eigenvalue weighted by Gasteiger charge is -2.18. The highest BCUT2D eigenvalue weighted by atomic mass is 35.5. The average Bonchev–Trinajstić information content (AvgIpc) is 3.40. The van der Waals surface area contributed by atoms with E-state index in [1.807, 2.05) is 4.90 Å². The minimum atomic E-state index is -0.397. The van der Waals surface area contributed by atoms with E-state index in [4.69, 9.17) is 21.7 Å². The summed E-state index contributed by atoms with van der Waals surface area (Å²) in [6, 6.07) is 15.4. The molecule has 8 heteroatoms. The van der Waals surface area contributed by atoms with Gasteiger partial charge in [0.15, 0.2) is 5.78 Å². The summed E-state index contributed by atoms with van der Waals surface area (Å²) in [5, 5.41) is 11.6. The van der Waals surface area contributed by atoms with E-state index >= 15 is 0 Å². The minimum Gasteiger partial charge on any atom is -0.496 e. The largest absolute Gasteiger partial charge is 0.496 e. The molecule has 1 fully saturated rings. The molecule has 0 unspecified atom stereocenters. The van der Waals surface area contributed by atoms with Gasteiger partial charge in [0.25, 0.3) is 5.91 Å². The van der Waals surface area contributed by atoms with Crippen LogP contribution in [-0.2, 0) is 6.42 Å². The number of rotatable bonds is 7. The number of nitrogens with one attached hydrogen (secondary N) is 2. The van der Waals surface area contributed by atoms with Crippen molar-refractivity contribution in [3.63, 3.8) is 0 Å². The summed E-state index contributed by atoms with van der Waals surface area (Å²) in [5.74, 6) is 0.743. The highest BCUT2D eigenvalue weighted by molar-refractivity contribution is 6.30. The fourth-order valence-electron chi connectivity index (χ4n) is 3.99. The summed E-state index contributed by atoms with van der Waals surface area (Å²) < 4.78 is 5.45. The highest BCUT2D eigenvalue weighted by Gasteiger charge is 2.21. The molecule has 174 valence electrons. The Morgan fingerprint density at radius 2 is 1.76 bits per heavy atom. The van der Waals surface area contributed by atoms with Crippen molar-refractivity contribution in [3.8, 4) is 5.75 Å². The number of halogens is 1. The number of benzene rings is 2. The van der Waals surface area contributed by atoms with E-state index in [1.165, 1.54) is 13.3 Å². The fraction of sp³-hybridized carbons (Fsp3) is 0.231. The maximum absolute atomic E-state index is 13.1. The van der Waals surface area contributed by atoms with Gasteiger partial charge in [-0.2, -0.15) is 0 Å². The maximum Gasteiger partial charge on any atom is 0.257 e. The van der Waals surface area contributed by atoms with E-state index in [0.29, 0.717) is 39.1 Å². The van der Waals surface area contributed by atoms with E-state index in [2.05, 4.69) is 10.3 Å². The van der Waals surface area contributed by atoms with Crippen LogP contribution in [0.4, 0.5) is 5.82 Å². The van der Waals surface area contributed by atoms with Gasteiger partial charge in [0.05, 0.1) is 12.1 Å². The van der Waals surface area contributed by atoms with Crippen molar-refractivity contribution in [2.75, 3.05) is 25.5 Å². The van der Waals surface area contributed by atoms with Crippen molar-refractivity contribution < 1.29 is 14.3 Å². The monoisotopic (exact) mass is 476 g/mol. The van der Waals surface area contributed by atoms with Gasteiger partial charge >= 0.3 is 0 Å². The smallest absolute Gasteiger partial charge is 0.257 e. The van der Waals surface area contributed by atoms with Crippen molar-refractivity contribution in [1.29, 1.82) is 5.41 Å². The minimum absolute atomic E-state index is 0.0102. The van der Waals surface area contributed by atoms with Crippen LogP contribution in [0.3, 0.4) is 0 Å². The van der Waals surface area contributed by atoms with Crippen LogP contribution in [0.15, 0.2) is 60.8 Å². The maximum atomic E-state index is 13.1. The molecule has 0 radical (unpaired) electrons. The van der Waals surface area contributed by atoms with Gasteiger partial charge in [-0.15, -0.1) is 0 Å². The Labute approximate surface area is 203 Å². The van der Waals surface area contributed by atoms with E-state index in [1.54, 1.807) is 54.6 Å². The number of methoxy groups -OCH3 is 1. The van der Waals surface area contributed by atoms with Gasteiger partial charge in [-0.1, -0.05) is 41.9 Å². The molecule has 2 N–H and O–H groups in total. The Morgan fingerprint density at radius 3 is 2.41 bits per heavy atom. The molecule has 34 heavy (non-hydrogen) atoms.